The van der Waals surface area contributed by atoms with E-state index in [-0.39, 0.29) is 62.7 Å². The maximum atomic E-state index is 12.4. The van der Waals surface area contributed by atoms with Gasteiger partial charge in [-0.2, -0.15) is 0 Å². The fraction of sp³-hybridized carbons (Fsp3) is 0. The zero-order valence-corrected chi connectivity index (χ0v) is 13.5. The molecule has 0 aliphatic rings. The second-order valence-corrected chi connectivity index (χ2v) is 4.45. The Hall–Kier alpha value is 0.0813. The first-order chi connectivity index (χ1) is 7.98. The molecule has 88 valence electrons. The van der Waals surface area contributed by atoms with E-state index in [0.717, 1.165) is 12.1 Å². The Morgan fingerprint density at radius 2 is 1.67 bits per heavy atom. The molecule has 0 aliphatic carbocycles. The Morgan fingerprint density at radius 1 is 1.06 bits per heavy atom. The summed E-state index contributed by atoms with van der Waals surface area (Å²) in [6, 6.07) is 7.70. The molecule has 1 aromatic heterocycles. The quantitative estimate of drug-likeness (QED) is 0.577. The fourth-order valence-corrected chi connectivity index (χ4v) is 2.09. The molecule has 0 radical (unpaired) electrons. The van der Waals surface area contributed by atoms with Gasteiger partial charge in [-0.05, 0) is 11.4 Å². The van der Waals surface area contributed by atoms with Crippen LogP contribution in [0.4, 0.5) is 12.9 Å². The zero-order valence-electron chi connectivity index (χ0n) is 9.57. The average molecular weight is 294 g/mol. The predicted molar refractivity (Wildman–Crippen MR) is 62.9 cm³/mol. The normalized spacial score (nSPS) is 10.8. The monoisotopic (exact) mass is 294 g/mol. The van der Waals surface area contributed by atoms with Crippen molar-refractivity contribution >= 4 is 29.6 Å². The molecule has 0 amide bonds. The minimum Gasteiger partial charge on any atom is -0.445 e. The molecule has 1 aromatic carbocycles. The number of hydrogen-bond donors (Lipinski definition) is 0. The Morgan fingerprint density at radius 3 is 2.11 bits per heavy atom. The number of ketones is 1. The Bertz CT molecular complexity index is 522. The maximum Gasteiger partial charge on any atom is 1.00 e. The summed E-state index contributed by atoms with van der Waals surface area (Å²) < 4.78 is 37.1. The van der Waals surface area contributed by atoms with Crippen LogP contribution >= 0.6 is 11.3 Å². The maximum absolute atomic E-state index is 12.4. The first kappa shape index (κ1) is 16.1. The molecule has 2 aromatic rings. The van der Waals surface area contributed by atoms with E-state index in [9.17, 15) is 17.7 Å². The first-order valence-electron chi connectivity index (χ1n) is 4.86. The van der Waals surface area contributed by atoms with Crippen molar-refractivity contribution in [3.8, 4) is 0 Å². The van der Waals surface area contributed by atoms with Crippen LogP contribution in [0.5, 0.6) is 0 Å². The van der Waals surface area contributed by atoms with Gasteiger partial charge in [0.05, 0.1) is 4.88 Å². The van der Waals surface area contributed by atoms with Crippen LogP contribution in [-0.4, -0.2) is 12.8 Å². The summed E-state index contributed by atoms with van der Waals surface area (Å²) in [4.78, 5) is 12.3. The van der Waals surface area contributed by atoms with Crippen molar-refractivity contribution in [3.63, 3.8) is 0 Å². The smallest absolute Gasteiger partial charge is 0.445 e. The third-order valence-corrected chi connectivity index (χ3v) is 3.16. The summed E-state index contributed by atoms with van der Waals surface area (Å²) in [5.74, 6) is -0.249. The van der Waals surface area contributed by atoms with Crippen molar-refractivity contribution in [2.24, 2.45) is 0 Å². The van der Waals surface area contributed by atoms with Crippen LogP contribution < -0.4 is 56.8 Å². The minimum absolute atomic E-state index is 0. The molecule has 18 heavy (non-hydrogen) atoms. The summed E-state index contributed by atoms with van der Waals surface area (Å²) in [6.07, 6.45) is 0. The van der Waals surface area contributed by atoms with Crippen LogP contribution in [0.1, 0.15) is 15.2 Å². The van der Waals surface area contributed by atoms with Gasteiger partial charge in [0.2, 0.25) is 5.78 Å². The van der Waals surface area contributed by atoms with Crippen LogP contribution in [0.3, 0.4) is 0 Å². The zero-order chi connectivity index (χ0) is 12.5. The van der Waals surface area contributed by atoms with E-state index in [4.69, 9.17) is 0 Å². The Kier molecular flexibility index (Phi) is 5.82. The van der Waals surface area contributed by atoms with Crippen molar-refractivity contribution in [2.45, 2.75) is 0 Å². The fourth-order valence-electron chi connectivity index (χ4n) is 1.40. The summed E-state index contributed by atoms with van der Waals surface area (Å²) in [6.45, 7) is -5.00. The molecule has 0 atom stereocenters. The van der Waals surface area contributed by atoms with Gasteiger partial charge < -0.3 is 12.9 Å². The number of benzene rings is 1. The van der Waals surface area contributed by atoms with Gasteiger partial charge in [0.25, 0.3) is 0 Å². The third kappa shape index (κ3) is 3.79. The Balaban J connectivity index is 0.00000162. The molecule has 1 nitrogen and oxygen atoms in total. The molecule has 0 fully saturated rings. The molecule has 0 spiro atoms. The minimum atomic E-state index is -5.00. The van der Waals surface area contributed by atoms with Gasteiger partial charge in [-0.3, -0.25) is 4.79 Å². The second-order valence-electron chi connectivity index (χ2n) is 3.50. The van der Waals surface area contributed by atoms with E-state index in [1.165, 1.54) is 23.5 Å². The molecular formula is C11H7BF3KOS. The van der Waals surface area contributed by atoms with Gasteiger partial charge in [0.15, 0.2) is 0 Å². The van der Waals surface area contributed by atoms with Crippen molar-refractivity contribution < 1.29 is 69.1 Å². The van der Waals surface area contributed by atoms with E-state index >= 15 is 0 Å². The van der Waals surface area contributed by atoms with Crippen LogP contribution in [0.15, 0.2) is 41.8 Å². The van der Waals surface area contributed by atoms with E-state index in [1.54, 1.807) is 17.5 Å². The van der Waals surface area contributed by atoms with Gasteiger partial charge >= 0.3 is 58.4 Å². The summed E-state index contributed by atoms with van der Waals surface area (Å²) in [5.41, 5.74) is -0.413. The van der Waals surface area contributed by atoms with Crippen molar-refractivity contribution in [1.82, 2.24) is 0 Å². The number of carbonyl (C=O) groups excluding carboxylic acids is 1. The van der Waals surface area contributed by atoms with Crippen LogP contribution in [0.2, 0.25) is 0 Å². The van der Waals surface area contributed by atoms with Gasteiger partial charge in [-0.1, -0.05) is 30.3 Å². The van der Waals surface area contributed by atoms with E-state index in [2.05, 4.69) is 0 Å². The molecule has 0 saturated heterocycles. The number of rotatable bonds is 3. The number of hydrogen-bond acceptors (Lipinski definition) is 2. The average Bonchev–Trinajstić information content (AvgIpc) is 2.80. The summed E-state index contributed by atoms with van der Waals surface area (Å²) >= 11 is 1.27. The third-order valence-electron chi connectivity index (χ3n) is 2.30. The molecule has 0 N–H and O–H groups in total. The number of carbonyl (C=O) groups is 1. The van der Waals surface area contributed by atoms with Crippen LogP contribution in [-0.2, 0) is 0 Å². The SMILES string of the molecule is O=C(c1ccc([B-](F)(F)F)cc1)c1cccs1.[K+]. The van der Waals surface area contributed by atoms with Gasteiger partial charge in [0.1, 0.15) is 0 Å². The molecule has 1 heterocycles. The topological polar surface area (TPSA) is 17.1 Å². The van der Waals surface area contributed by atoms with Crippen LogP contribution in [0.25, 0.3) is 0 Å². The van der Waals surface area contributed by atoms with Crippen molar-refractivity contribution in [3.05, 3.63) is 52.2 Å². The van der Waals surface area contributed by atoms with Gasteiger partial charge in [0, 0.05) is 5.56 Å². The molecule has 2 rings (SSSR count). The van der Waals surface area contributed by atoms with Gasteiger partial charge in [-0.25, -0.2) is 0 Å². The predicted octanol–water partition coefficient (Wildman–Crippen LogP) is 0.0375. The molecular weight excluding hydrogens is 287 g/mol. The summed E-state index contributed by atoms with van der Waals surface area (Å²) in [7, 11) is 0. The van der Waals surface area contributed by atoms with E-state index in [1.807, 2.05) is 0 Å². The first-order valence-corrected chi connectivity index (χ1v) is 5.74. The van der Waals surface area contributed by atoms with E-state index in [0.29, 0.717) is 4.88 Å². The Labute approximate surface area is 149 Å². The number of halogens is 3. The van der Waals surface area contributed by atoms with Crippen LogP contribution in [0, 0.1) is 0 Å². The van der Waals surface area contributed by atoms with Gasteiger partial charge in [-0.15, -0.1) is 16.8 Å². The standard InChI is InChI=1S/C11H7BF3OS.K/c13-12(14,15)9-5-3-8(4-6-9)11(16)10-2-1-7-17-10;/h1-7H;/q-1;+1. The van der Waals surface area contributed by atoms with E-state index < -0.39 is 12.4 Å². The molecule has 0 bridgehead atoms. The molecule has 0 unspecified atom stereocenters. The molecule has 7 heteroatoms. The number of thiophene rings is 1. The summed E-state index contributed by atoms with van der Waals surface area (Å²) in [5, 5.41) is 1.75. The second kappa shape index (κ2) is 6.49. The van der Waals surface area contributed by atoms with Crippen molar-refractivity contribution in [1.29, 1.82) is 0 Å². The molecule has 0 saturated carbocycles. The largest absolute Gasteiger partial charge is 1.00 e. The van der Waals surface area contributed by atoms with Crippen molar-refractivity contribution in [2.75, 3.05) is 0 Å². The molecule has 0 aliphatic heterocycles.